The van der Waals surface area contributed by atoms with Crippen LogP contribution in [0.15, 0.2) is 12.3 Å². The molecule has 0 aliphatic heterocycles. The normalized spacial score (nSPS) is 29.8. The number of aromatic nitrogens is 2. The first-order valence-corrected chi connectivity index (χ1v) is 7.53. The van der Waals surface area contributed by atoms with E-state index in [-0.39, 0.29) is 6.10 Å². The number of nitrogens with zero attached hydrogens (tertiary/aromatic N) is 2. The fourth-order valence-corrected chi connectivity index (χ4v) is 3.60. The van der Waals surface area contributed by atoms with Gasteiger partial charge in [0, 0.05) is 6.20 Å². The third kappa shape index (κ3) is 2.77. The van der Waals surface area contributed by atoms with Gasteiger partial charge in [-0.25, -0.2) is 0 Å². The quantitative estimate of drug-likeness (QED) is 0.892. The van der Waals surface area contributed by atoms with Crippen LogP contribution in [0.4, 0.5) is 0 Å². The highest BCUT2D eigenvalue weighted by molar-refractivity contribution is 5.02. The van der Waals surface area contributed by atoms with Crippen LogP contribution in [0.1, 0.15) is 63.1 Å². The number of hydrogen-bond donors (Lipinski definition) is 1. The highest BCUT2D eigenvalue weighted by atomic mass is 16.3. The Hall–Kier alpha value is -0.830. The number of aliphatic hydroxyl groups is 1. The van der Waals surface area contributed by atoms with Gasteiger partial charge in [-0.05, 0) is 50.5 Å². The van der Waals surface area contributed by atoms with E-state index in [1.54, 1.807) is 0 Å². The first kappa shape index (κ1) is 12.2. The molecule has 2 aliphatic carbocycles. The van der Waals surface area contributed by atoms with Crippen molar-refractivity contribution in [2.75, 3.05) is 0 Å². The minimum atomic E-state index is -0.0688. The van der Waals surface area contributed by atoms with E-state index in [1.807, 2.05) is 0 Å². The average Bonchev–Trinajstić information content (AvgIpc) is 2.98. The molecule has 2 saturated carbocycles. The number of rotatable bonds is 3. The zero-order valence-electron chi connectivity index (χ0n) is 11.1. The molecule has 3 nitrogen and oxygen atoms in total. The van der Waals surface area contributed by atoms with Gasteiger partial charge in [0.15, 0.2) is 0 Å². The molecule has 0 aromatic carbocycles. The molecule has 2 fully saturated rings. The smallest absolute Gasteiger partial charge is 0.0627 e. The predicted molar refractivity (Wildman–Crippen MR) is 71.4 cm³/mol. The van der Waals surface area contributed by atoms with Crippen LogP contribution in [0, 0.1) is 5.92 Å². The van der Waals surface area contributed by atoms with E-state index in [9.17, 15) is 5.11 Å². The molecule has 1 heterocycles. The zero-order valence-corrected chi connectivity index (χ0v) is 11.1. The Morgan fingerprint density at radius 2 is 2.00 bits per heavy atom. The van der Waals surface area contributed by atoms with E-state index < -0.39 is 0 Å². The van der Waals surface area contributed by atoms with Crippen molar-refractivity contribution in [3.05, 3.63) is 18.0 Å². The second kappa shape index (κ2) is 5.43. The average molecular weight is 248 g/mol. The van der Waals surface area contributed by atoms with Crippen LogP contribution in [-0.4, -0.2) is 21.0 Å². The van der Waals surface area contributed by atoms with Gasteiger partial charge in [0.25, 0.3) is 0 Å². The van der Waals surface area contributed by atoms with Gasteiger partial charge in [0.1, 0.15) is 0 Å². The van der Waals surface area contributed by atoms with E-state index in [1.165, 1.54) is 44.2 Å². The summed E-state index contributed by atoms with van der Waals surface area (Å²) in [6, 6.07) is 2.83. The molecule has 2 unspecified atom stereocenters. The fourth-order valence-electron chi connectivity index (χ4n) is 3.60. The number of hydrogen-bond acceptors (Lipinski definition) is 2. The molecular formula is C15H24N2O. The molecule has 18 heavy (non-hydrogen) atoms. The van der Waals surface area contributed by atoms with Gasteiger partial charge in [-0.3, -0.25) is 4.68 Å². The van der Waals surface area contributed by atoms with Gasteiger partial charge in [-0.1, -0.05) is 19.3 Å². The van der Waals surface area contributed by atoms with Crippen molar-refractivity contribution < 1.29 is 5.11 Å². The van der Waals surface area contributed by atoms with Crippen LogP contribution in [0.2, 0.25) is 0 Å². The molecular weight excluding hydrogens is 224 g/mol. The van der Waals surface area contributed by atoms with Crippen LogP contribution in [0.5, 0.6) is 0 Å². The minimum Gasteiger partial charge on any atom is -0.393 e. The molecule has 1 aromatic rings. The van der Waals surface area contributed by atoms with Crippen LogP contribution in [-0.2, 0) is 6.42 Å². The second-order valence-corrected chi connectivity index (χ2v) is 6.12. The lowest BCUT2D eigenvalue weighted by Gasteiger charge is -2.25. The molecule has 2 aliphatic rings. The van der Waals surface area contributed by atoms with Gasteiger partial charge in [-0.2, -0.15) is 5.10 Å². The predicted octanol–water partition coefficient (Wildman–Crippen LogP) is 3.09. The first-order chi connectivity index (χ1) is 8.81. The van der Waals surface area contributed by atoms with E-state index in [0.717, 1.165) is 19.3 Å². The summed E-state index contributed by atoms with van der Waals surface area (Å²) in [5.41, 5.74) is 1.22. The van der Waals surface area contributed by atoms with Crippen LogP contribution < -0.4 is 0 Å². The molecule has 3 rings (SSSR count). The Morgan fingerprint density at radius 3 is 2.78 bits per heavy atom. The first-order valence-electron chi connectivity index (χ1n) is 7.53. The summed E-state index contributed by atoms with van der Waals surface area (Å²) in [6.07, 6.45) is 12.8. The lowest BCUT2D eigenvalue weighted by atomic mass is 9.84. The van der Waals surface area contributed by atoms with Crippen LogP contribution in [0.3, 0.4) is 0 Å². The van der Waals surface area contributed by atoms with Crippen molar-refractivity contribution in [2.45, 2.75) is 69.9 Å². The standard InChI is InChI=1S/C15H24N2O/c18-15-7-3-4-12(11-15)10-13-8-9-17(16-13)14-5-1-2-6-14/h8-9,12,14-15,18H,1-7,10-11H2. The molecule has 1 N–H and O–H groups in total. The largest absolute Gasteiger partial charge is 0.393 e. The van der Waals surface area contributed by atoms with Gasteiger partial charge in [-0.15, -0.1) is 0 Å². The van der Waals surface area contributed by atoms with E-state index >= 15 is 0 Å². The summed E-state index contributed by atoms with van der Waals surface area (Å²) in [7, 11) is 0. The molecule has 0 spiro atoms. The van der Waals surface area contributed by atoms with Gasteiger partial charge < -0.3 is 5.11 Å². The minimum absolute atomic E-state index is 0.0688. The van der Waals surface area contributed by atoms with Crippen LogP contribution in [0.25, 0.3) is 0 Å². The summed E-state index contributed by atoms with van der Waals surface area (Å²) in [4.78, 5) is 0. The van der Waals surface area contributed by atoms with Crippen molar-refractivity contribution in [3.8, 4) is 0 Å². The Morgan fingerprint density at radius 1 is 1.17 bits per heavy atom. The van der Waals surface area contributed by atoms with Crippen molar-refractivity contribution in [2.24, 2.45) is 5.92 Å². The summed E-state index contributed by atoms with van der Waals surface area (Å²) in [6.45, 7) is 0. The third-order valence-electron chi connectivity index (χ3n) is 4.62. The Kier molecular flexibility index (Phi) is 3.69. The Balaban J connectivity index is 1.59. The number of aliphatic hydroxyl groups excluding tert-OH is 1. The third-order valence-corrected chi connectivity index (χ3v) is 4.62. The summed E-state index contributed by atoms with van der Waals surface area (Å²) in [5, 5.41) is 14.5. The molecule has 0 radical (unpaired) electrons. The van der Waals surface area contributed by atoms with Gasteiger partial charge in [0.2, 0.25) is 0 Å². The van der Waals surface area contributed by atoms with Crippen molar-refractivity contribution in [1.29, 1.82) is 0 Å². The van der Waals surface area contributed by atoms with Crippen LogP contribution >= 0.6 is 0 Å². The molecule has 3 heteroatoms. The van der Waals surface area contributed by atoms with Gasteiger partial charge >= 0.3 is 0 Å². The zero-order chi connectivity index (χ0) is 12.4. The Labute approximate surface area is 109 Å². The lowest BCUT2D eigenvalue weighted by molar-refractivity contribution is 0.101. The van der Waals surface area contributed by atoms with Crippen molar-refractivity contribution in [1.82, 2.24) is 9.78 Å². The topological polar surface area (TPSA) is 38.0 Å². The maximum Gasteiger partial charge on any atom is 0.0627 e. The Bertz CT molecular complexity index is 382. The van der Waals surface area contributed by atoms with E-state index in [0.29, 0.717) is 12.0 Å². The maximum atomic E-state index is 9.71. The maximum absolute atomic E-state index is 9.71. The van der Waals surface area contributed by atoms with E-state index in [4.69, 9.17) is 5.10 Å². The highest BCUT2D eigenvalue weighted by Gasteiger charge is 2.22. The van der Waals surface area contributed by atoms with Gasteiger partial charge in [0.05, 0.1) is 17.8 Å². The summed E-state index contributed by atoms with van der Waals surface area (Å²) < 4.78 is 2.18. The molecule has 100 valence electrons. The fraction of sp³-hybridized carbons (Fsp3) is 0.800. The molecule has 1 aromatic heterocycles. The van der Waals surface area contributed by atoms with Crippen molar-refractivity contribution in [3.63, 3.8) is 0 Å². The molecule has 0 saturated heterocycles. The molecule has 2 atom stereocenters. The second-order valence-electron chi connectivity index (χ2n) is 6.12. The van der Waals surface area contributed by atoms with Crippen molar-refractivity contribution >= 4 is 0 Å². The summed E-state index contributed by atoms with van der Waals surface area (Å²) >= 11 is 0. The molecule has 0 bridgehead atoms. The summed E-state index contributed by atoms with van der Waals surface area (Å²) in [5.74, 6) is 0.640. The lowest BCUT2D eigenvalue weighted by Crippen LogP contribution is -2.21. The highest BCUT2D eigenvalue weighted by Crippen LogP contribution is 2.30. The monoisotopic (exact) mass is 248 g/mol. The SMILES string of the molecule is OC1CCCC(Cc2ccn(C3CCCC3)n2)C1. The molecule has 0 amide bonds. The van der Waals surface area contributed by atoms with E-state index in [2.05, 4.69) is 16.9 Å².